The molecule has 0 saturated heterocycles. The third kappa shape index (κ3) is 4.01. The first-order valence-corrected chi connectivity index (χ1v) is 6.63. The van der Waals surface area contributed by atoms with Crippen molar-refractivity contribution in [3.05, 3.63) is 58.1 Å². The summed E-state index contributed by atoms with van der Waals surface area (Å²) in [5.41, 5.74) is 1.56. The fourth-order valence-electron chi connectivity index (χ4n) is 1.69. The summed E-state index contributed by atoms with van der Waals surface area (Å²) in [6.07, 6.45) is 3.26. The van der Waals surface area contributed by atoms with E-state index in [0.29, 0.717) is 17.9 Å². The van der Waals surface area contributed by atoms with Crippen molar-refractivity contribution in [3.63, 3.8) is 0 Å². The predicted molar refractivity (Wildman–Crippen MR) is 75.4 cm³/mol. The van der Waals surface area contributed by atoms with E-state index in [2.05, 4.69) is 26.2 Å². The van der Waals surface area contributed by atoms with Crippen LogP contribution in [0.25, 0.3) is 0 Å². The van der Waals surface area contributed by atoms with Gasteiger partial charge in [0.2, 0.25) is 0 Å². The number of pyridine rings is 1. The van der Waals surface area contributed by atoms with Crippen LogP contribution in [-0.4, -0.2) is 12.0 Å². The lowest BCUT2D eigenvalue weighted by atomic mass is 10.1. The van der Waals surface area contributed by atoms with Crippen LogP contribution in [0.15, 0.2) is 41.1 Å². The maximum Gasteiger partial charge on any atom is 0.139 e. The summed E-state index contributed by atoms with van der Waals surface area (Å²) in [5.74, 6) is 0.343. The van der Waals surface area contributed by atoms with Crippen molar-refractivity contribution in [2.45, 2.75) is 13.2 Å². The highest BCUT2D eigenvalue weighted by atomic mass is 79.9. The first-order chi connectivity index (χ1) is 9.19. The molecule has 1 aromatic heterocycles. The van der Waals surface area contributed by atoms with Gasteiger partial charge >= 0.3 is 0 Å². The zero-order valence-electron chi connectivity index (χ0n) is 10.5. The van der Waals surface area contributed by atoms with Crippen LogP contribution in [0.1, 0.15) is 11.1 Å². The van der Waals surface area contributed by atoms with Gasteiger partial charge in [-0.3, -0.25) is 4.98 Å². The van der Waals surface area contributed by atoms with E-state index in [4.69, 9.17) is 4.74 Å². The zero-order valence-corrected chi connectivity index (χ0v) is 12.1. The SMILES string of the molecule is CNCc1ccc(F)c(COc2cncc(Br)c2)c1. The zero-order chi connectivity index (χ0) is 13.7. The highest BCUT2D eigenvalue weighted by Gasteiger charge is 2.05. The normalized spacial score (nSPS) is 10.5. The van der Waals surface area contributed by atoms with Gasteiger partial charge in [-0.25, -0.2) is 4.39 Å². The van der Waals surface area contributed by atoms with Crippen LogP contribution in [0, 0.1) is 5.82 Å². The maximum absolute atomic E-state index is 13.7. The molecule has 0 aliphatic carbocycles. The lowest BCUT2D eigenvalue weighted by Gasteiger charge is -2.09. The number of ether oxygens (including phenoxy) is 1. The van der Waals surface area contributed by atoms with E-state index in [1.807, 2.05) is 7.05 Å². The molecule has 0 radical (unpaired) electrons. The number of aromatic nitrogens is 1. The topological polar surface area (TPSA) is 34.1 Å². The second-order valence-corrected chi connectivity index (χ2v) is 5.00. The Morgan fingerprint density at radius 3 is 2.89 bits per heavy atom. The Bertz CT molecular complexity index is 563. The number of nitrogens with one attached hydrogen (secondary N) is 1. The van der Waals surface area contributed by atoms with Gasteiger partial charge in [-0.05, 0) is 46.7 Å². The maximum atomic E-state index is 13.7. The molecular weight excluding hydrogens is 311 g/mol. The van der Waals surface area contributed by atoms with Crippen LogP contribution in [-0.2, 0) is 13.2 Å². The summed E-state index contributed by atoms with van der Waals surface area (Å²) in [4.78, 5) is 3.99. The van der Waals surface area contributed by atoms with Gasteiger partial charge in [0.25, 0.3) is 0 Å². The summed E-state index contributed by atoms with van der Waals surface area (Å²) in [7, 11) is 1.85. The van der Waals surface area contributed by atoms with Gasteiger partial charge in [-0.15, -0.1) is 0 Å². The monoisotopic (exact) mass is 324 g/mol. The average Bonchev–Trinajstić information content (AvgIpc) is 2.40. The van der Waals surface area contributed by atoms with Gasteiger partial charge < -0.3 is 10.1 Å². The molecule has 2 aromatic rings. The molecule has 0 unspecified atom stereocenters. The van der Waals surface area contributed by atoms with Gasteiger partial charge in [0.05, 0.1) is 6.20 Å². The summed E-state index contributed by atoms with van der Waals surface area (Å²) < 4.78 is 20.0. The van der Waals surface area contributed by atoms with Crippen LogP contribution in [0.3, 0.4) is 0 Å². The quantitative estimate of drug-likeness (QED) is 0.916. The third-order valence-corrected chi connectivity index (χ3v) is 3.00. The molecule has 0 bridgehead atoms. The van der Waals surface area contributed by atoms with Crippen molar-refractivity contribution >= 4 is 15.9 Å². The molecule has 1 N–H and O–H groups in total. The number of hydrogen-bond donors (Lipinski definition) is 1. The highest BCUT2D eigenvalue weighted by Crippen LogP contribution is 2.18. The number of rotatable bonds is 5. The summed E-state index contributed by atoms with van der Waals surface area (Å²) in [5, 5.41) is 3.03. The minimum Gasteiger partial charge on any atom is -0.487 e. The molecule has 0 spiro atoms. The van der Waals surface area contributed by atoms with E-state index in [9.17, 15) is 4.39 Å². The Morgan fingerprint density at radius 2 is 2.16 bits per heavy atom. The second-order valence-electron chi connectivity index (χ2n) is 4.08. The number of hydrogen-bond acceptors (Lipinski definition) is 3. The van der Waals surface area contributed by atoms with Crippen LogP contribution in [0.5, 0.6) is 5.75 Å². The molecular formula is C14H14BrFN2O. The van der Waals surface area contributed by atoms with Gasteiger partial charge in [-0.1, -0.05) is 6.07 Å². The fourth-order valence-corrected chi connectivity index (χ4v) is 2.03. The Labute approximate surface area is 119 Å². The minimum absolute atomic E-state index is 0.182. The van der Waals surface area contributed by atoms with E-state index < -0.39 is 0 Å². The van der Waals surface area contributed by atoms with Crippen molar-refractivity contribution in [2.24, 2.45) is 0 Å². The average molecular weight is 325 g/mol. The fraction of sp³-hybridized carbons (Fsp3) is 0.214. The smallest absolute Gasteiger partial charge is 0.139 e. The molecule has 1 aromatic carbocycles. The van der Waals surface area contributed by atoms with Gasteiger partial charge in [0.15, 0.2) is 0 Å². The first-order valence-electron chi connectivity index (χ1n) is 5.84. The van der Waals surface area contributed by atoms with E-state index >= 15 is 0 Å². The van der Waals surface area contributed by atoms with Crippen molar-refractivity contribution in [1.29, 1.82) is 0 Å². The third-order valence-electron chi connectivity index (χ3n) is 2.57. The van der Waals surface area contributed by atoms with E-state index in [1.54, 1.807) is 30.6 Å². The number of benzene rings is 1. The van der Waals surface area contributed by atoms with Crippen LogP contribution in [0.2, 0.25) is 0 Å². The summed E-state index contributed by atoms with van der Waals surface area (Å²) >= 11 is 3.31. The van der Waals surface area contributed by atoms with Crippen molar-refractivity contribution in [2.75, 3.05) is 7.05 Å². The highest BCUT2D eigenvalue weighted by molar-refractivity contribution is 9.10. The minimum atomic E-state index is -0.261. The molecule has 0 atom stereocenters. The van der Waals surface area contributed by atoms with Crippen molar-refractivity contribution in [1.82, 2.24) is 10.3 Å². The molecule has 100 valence electrons. The van der Waals surface area contributed by atoms with E-state index in [0.717, 1.165) is 10.0 Å². The predicted octanol–water partition coefficient (Wildman–Crippen LogP) is 3.28. The second kappa shape index (κ2) is 6.63. The Morgan fingerprint density at radius 1 is 1.32 bits per heavy atom. The lowest BCUT2D eigenvalue weighted by Crippen LogP contribution is -2.07. The van der Waals surface area contributed by atoms with Gasteiger partial charge in [0.1, 0.15) is 18.2 Å². The number of nitrogens with zero attached hydrogens (tertiary/aromatic N) is 1. The molecule has 0 aliphatic rings. The summed E-state index contributed by atoms with van der Waals surface area (Å²) in [6.45, 7) is 0.882. The standard InChI is InChI=1S/C14H14BrFN2O/c1-17-6-10-2-3-14(16)11(4-10)9-19-13-5-12(15)7-18-8-13/h2-5,7-8,17H,6,9H2,1H3. The molecule has 1 heterocycles. The van der Waals surface area contributed by atoms with Crippen LogP contribution < -0.4 is 10.1 Å². The molecule has 0 amide bonds. The van der Waals surface area contributed by atoms with Crippen molar-refractivity contribution in [3.8, 4) is 5.75 Å². The van der Waals surface area contributed by atoms with Gasteiger partial charge in [-0.2, -0.15) is 0 Å². The Kier molecular flexibility index (Phi) is 4.87. The largest absolute Gasteiger partial charge is 0.487 e. The summed E-state index contributed by atoms with van der Waals surface area (Å²) in [6, 6.07) is 6.82. The lowest BCUT2D eigenvalue weighted by molar-refractivity contribution is 0.298. The van der Waals surface area contributed by atoms with Crippen LogP contribution >= 0.6 is 15.9 Å². The molecule has 5 heteroatoms. The molecule has 2 rings (SSSR count). The molecule has 0 saturated carbocycles. The molecule has 0 aliphatic heterocycles. The number of halogens is 2. The van der Waals surface area contributed by atoms with E-state index in [-0.39, 0.29) is 12.4 Å². The molecule has 19 heavy (non-hydrogen) atoms. The molecule has 3 nitrogen and oxygen atoms in total. The van der Waals surface area contributed by atoms with Gasteiger partial charge in [0, 0.05) is 22.8 Å². The molecule has 0 fully saturated rings. The first kappa shape index (κ1) is 14.0. The Hall–Kier alpha value is -1.46. The van der Waals surface area contributed by atoms with E-state index in [1.165, 1.54) is 6.07 Å². The van der Waals surface area contributed by atoms with Crippen molar-refractivity contribution < 1.29 is 9.13 Å². The Balaban J connectivity index is 2.08. The van der Waals surface area contributed by atoms with Crippen LogP contribution in [0.4, 0.5) is 4.39 Å².